The third kappa shape index (κ3) is 8.52. The average molecular weight is 789 g/mol. The van der Waals surface area contributed by atoms with Crippen LogP contribution in [0.25, 0.3) is 0 Å². The summed E-state index contributed by atoms with van der Waals surface area (Å²) in [4.78, 5) is 9.29. The standard InChI is InChI=1S/C57H48N4/c1-43-25-27-49(28-26-43)58(46-17-7-4-8-18-46)50-29-31-51(32-30-50)59(52-33-37-54(38-34-52)60(47-19-9-5-10-20-47)56-23-13-15-44(2)41-56)53-35-39-55(40-36-53)61(48-21-11-6-12-22-48)57-24-14-16-45(3)42-57/h4-42H,1-3H3. The fourth-order valence-electron chi connectivity index (χ4n) is 8.00. The van der Waals surface area contributed by atoms with Crippen molar-refractivity contribution >= 4 is 68.2 Å². The number of benzene rings is 9. The minimum atomic E-state index is 1.05. The largest absolute Gasteiger partial charge is 0.311 e. The maximum atomic E-state index is 2.34. The number of para-hydroxylation sites is 3. The van der Waals surface area contributed by atoms with E-state index >= 15 is 0 Å². The predicted molar refractivity (Wildman–Crippen MR) is 259 cm³/mol. The molecule has 0 heterocycles. The lowest BCUT2D eigenvalue weighted by Crippen LogP contribution is -2.14. The van der Waals surface area contributed by atoms with E-state index in [-0.39, 0.29) is 0 Å². The predicted octanol–water partition coefficient (Wildman–Crippen LogP) is 16.5. The SMILES string of the molecule is Cc1ccc(N(c2ccccc2)c2ccc(N(c3ccc(N(c4ccccc4)c4cccc(C)c4)cc3)c3ccc(N(c4ccccc4)c4cccc(C)c4)cc3)cc2)cc1. The van der Waals surface area contributed by atoms with Crippen molar-refractivity contribution in [3.8, 4) is 0 Å². The molecular weight excluding hydrogens is 741 g/mol. The normalized spacial score (nSPS) is 10.9. The van der Waals surface area contributed by atoms with E-state index in [1.807, 2.05) is 0 Å². The lowest BCUT2D eigenvalue weighted by molar-refractivity contribution is 1.23. The van der Waals surface area contributed by atoms with Crippen LogP contribution in [0.2, 0.25) is 0 Å². The molecule has 0 atom stereocenters. The summed E-state index contributed by atoms with van der Waals surface area (Å²) in [6.07, 6.45) is 0. The van der Waals surface area contributed by atoms with Crippen LogP contribution in [0.15, 0.2) is 237 Å². The summed E-state index contributed by atoms with van der Waals surface area (Å²) in [5.41, 5.74) is 16.8. The Balaban J connectivity index is 1.14. The van der Waals surface area contributed by atoms with Crippen molar-refractivity contribution in [3.63, 3.8) is 0 Å². The number of hydrogen-bond acceptors (Lipinski definition) is 4. The molecule has 0 N–H and O–H groups in total. The second-order valence-electron chi connectivity index (χ2n) is 15.4. The van der Waals surface area contributed by atoms with Crippen LogP contribution in [-0.4, -0.2) is 0 Å². The molecule has 0 spiro atoms. The van der Waals surface area contributed by atoms with Gasteiger partial charge >= 0.3 is 0 Å². The van der Waals surface area contributed by atoms with Gasteiger partial charge in [-0.2, -0.15) is 0 Å². The molecule has 61 heavy (non-hydrogen) atoms. The van der Waals surface area contributed by atoms with E-state index in [9.17, 15) is 0 Å². The minimum Gasteiger partial charge on any atom is -0.311 e. The maximum absolute atomic E-state index is 2.34. The number of nitrogens with zero attached hydrogens (tertiary/aromatic N) is 4. The van der Waals surface area contributed by atoms with E-state index < -0.39 is 0 Å². The summed E-state index contributed by atoms with van der Waals surface area (Å²) in [5.74, 6) is 0. The van der Waals surface area contributed by atoms with Gasteiger partial charge in [-0.25, -0.2) is 0 Å². The van der Waals surface area contributed by atoms with Crippen molar-refractivity contribution in [3.05, 3.63) is 253 Å². The van der Waals surface area contributed by atoms with E-state index in [1.165, 1.54) is 16.7 Å². The monoisotopic (exact) mass is 788 g/mol. The first kappa shape index (κ1) is 38.7. The lowest BCUT2D eigenvalue weighted by atomic mass is 10.1. The van der Waals surface area contributed by atoms with E-state index in [4.69, 9.17) is 0 Å². The topological polar surface area (TPSA) is 13.0 Å². The van der Waals surface area contributed by atoms with Crippen LogP contribution in [0.5, 0.6) is 0 Å². The molecule has 0 aliphatic rings. The Bertz CT molecular complexity index is 2670. The van der Waals surface area contributed by atoms with Crippen molar-refractivity contribution in [2.24, 2.45) is 0 Å². The highest BCUT2D eigenvalue weighted by Crippen LogP contribution is 2.43. The number of anilines is 12. The van der Waals surface area contributed by atoms with E-state index in [0.29, 0.717) is 0 Å². The summed E-state index contributed by atoms with van der Waals surface area (Å²) >= 11 is 0. The molecule has 9 aromatic rings. The van der Waals surface area contributed by atoms with Crippen LogP contribution in [0, 0.1) is 20.8 Å². The Morgan fingerprint density at radius 1 is 0.180 bits per heavy atom. The van der Waals surface area contributed by atoms with E-state index in [1.54, 1.807) is 0 Å². The van der Waals surface area contributed by atoms with Crippen LogP contribution < -0.4 is 19.6 Å². The molecule has 0 unspecified atom stereocenters. The Hall–Kier alpha value is -7.82. The van der Waals surface area contributed by atoms with Gasteiger partial charge in [-0.05, 0) is 177 Å². The molecule has 9 rings (SSSR count). The van der Waals surface area contributed by atoms with E-state index in [2.05, 4.69) is 277 Å². The molecule has 0 aliphatic carbocycles. The van der Waals surface area contributed by atoms with Gasteiger partial charge in [0.25, 0.3) is 0 Å². The molecule has 9 aromatic carbocycles. The number of aryl methyl sites for hydroxylation is 3. The zero-order valence-electron chi connectivity index (χ0n) is 34.8. The van der Waals surface area contributed by atoms with Crippen LogP contribution >= 0.6 is 0 Å². The first-order valence-electron chi connectivity index (χ1n) is 20.8. The maximum Gasteiger partial charge on any atom is 0.0464 e. The Morgan fingerprint density at radius 2 is 0.393 bits per heavy atom. The summed E-state index contributed by atoms with van der Waals surface area (Å²) in [6.45, 7) is 6.41. The zero-order valence-corrected chi connectivity index (χ0v) is 34.8. The lowest BCUT2D eigenvalue weighted by Gasteiger charge is -2.30. The second-order valence-corrected chi connectivity index (χ2v) is 15.4. The van der Waals surface area contributed by atoms with Crippen molar-refractivity contribution in [1.82, 2.24) is 0 Å². The first-order chi connectivity index (χ1) is 30.0. The Labute approximate surface area is 360 Å². The molecule has 0 fully saturated rings. The van der Waals surface area contributed by atoms with Crippen molar-refractivity contribution in [2.75, 3.05) is 19.6 Å². The van der Waals surface area contributed by atoms with Gasteiger partial charge in [0.1, 0.15) is 0 Å². The number of hydrogen-bond donors (Lipinski definition) is 0. The van der Waals surface area contributed by atoms with Crippen LogP contribution in [-0.2, 0) is 0 Å². The summed E-state index contributed by atoms with van der Waals surface area (Å²) in [5, 5.41) is 0. The van der Waals surface area contributed by atoms with E-state index in [0.717, 1.165) is 68.2 Å². The van der Waals surface area contributed by atoms with Crippen LogP contribution in [0.1, 0.15) is 16.7 Å². The van der Waals surface area contributed by atoms with Crippen molar-refractivity contribution < 1.29 is 0 Å². The molecule has 0 bridgehead atoms. The van der Waals surface area contributed by atoms with Gasteiger partial charge in [0, 0.05) is 68.2 Å². The molecule has 0 aliphatic heterocycles. The molecule has 0 amide bonds. The molecule has 0 radical (unpaired) electrons. The molecular formula is C57H48N4. The minimum absolute atomic E-state index is 1.05. The van der Waals surface area contributed by atoms with Crippen LogP contribution in [0.3, 0.4) is 0 Å². The summed E-state index contributed by atoms with van der Waals surface area (Å²) in [7, 11) is 0. The van der Waals surface area contributed by atoms with Crippen LogP contribution in [0.4, 0.5) is 68.2 Å². The molecule has 0 aromatic heterocycles. The van der Waals surface area contributed by atoms with Gasteiger partial charge in [-0.15, -0.1) is 0 Å². The van der Waals surface area contributed by atoms with Gasteiger partial charge in [0.05, 0.1) is 0 Å². The van der Waals surface area contributed by atoms with Crippen molar-refractivity contribution in [1.29, 1.82) is 0 Å². The second kappa shape index (κ2) is 17.6. The first-order valence-corrected chi connectivity index (χ1v) is 20.8. The third-order valence-corrected chi connectivity index (χ3v) is 11.0. The Kier molecular flexibility index (Phi) is 11.1. The molecule has 0 saturated carbocycles. The van der Waals surface area contributed by atoms with Gasteiger partial charge < -0.3 is 19.6 Å². The summed E-state index contributed by atoms with van der Waals surface area (Å²) < 4.78 is 0. The van der Waals surface area contributed by atoms with Crippen molar-refractivity contribution in [2.45, 2.75) is 20.8 Å². The summed E-state index contributed by atoms with van der Waals surface area (Å²) in [6, 6.07) is 84.5. The highest BCUT2D eigenvalue weighted by molar-refractivity contribution is 5.85. The average Bonchev–Trinajstić information content (AvgIpc) is 3.30. The molecule has 4 heteroatoms. The smallest absolute Gasteiger partial charge is 0.0464 e. The number of rotatable bonds is 12. The van der Waals surface area contributed by atoms with Gasteiger partial charge in [-0.3, -0.25) is 0 Å². The van der Waals surface area contributed by atoms with Gasteiger partial charge in [0.2, 0.25) is 0 Å². The quantitative estimate of drug-likeness (QED) is 0.122. The molecule has 296 valence electrons. The third-order valence-electron chi connectivity index (χ3n) is 11.0. The molecule has 4 nitrogen and oxygen atoms in total. The van der Waals surface area contributed by atoms with Gasteiger partial charge in [-0.1, -0.05) is 96.6 Å². The highest BCUT2D eigenvalue weighted by Gasteiger charge is 2.19. The Morgan fingerprint density at radius 3 is 0.656 bits per heavy atom. The fraction of sp³-hybridized carbons (Fsp3) is 0.0526. The molecule has 0 saturated heterocycles. The fourth-order valence-corrected chi connectivity index (χ4v) is 8.00. The highest BCUT2D eigenvalue weighted by atomic mass is 15.2. The van der Waals surface area contributed by atoms with Gasteiger partial charge in [0.15, 0.2) is 0 Å². The zero-order chi connectivity index (χ0) is 41.5.